The highest BCUT2D eigenvalue weighted by Crippen LogP contribution is 2.44. The van der Waals surface area contributed by atoms with Crippen LogP contribution in [0.15, 0.2) is 65.7 Å². The number of carbonyl (C=O) groups excluding carboxylic acids is 1. The number of halogens is 6. The van der Waals surface area contributed by atoms with E-state index >= 15 is 0 Å². The molecule has 1 aromatic heterocycles. The summed E-state index contributed by atoms with van der Waals surface area (Å²) in [6.07, 6.45) is -2.75. The number of amides is 1. The largest absolute Gasteiger partial charge is 0.416 e. The van der Waals surface area contributed by atoms with Crippen molar-refractivity contribution in [3.63, 3.8) is 0 Å². The molecule has 2 aromatic rings. The maximum absolute atomic E-state index is 14.4. The summed E-state index contributed by atoms with van der Waals surface area (Å²) in [6, 6.07) is 6.92. The van der Waals surface area contributed by atoms with Crippen molar-refractivity contribution < 1.29 is 35.9 Å². The molecule has 0 bridgehead atoms. The van der Waals surface area contributed by atoms with Gasteiger partial charge in [-0.3, -0.25) is 9.69 Å². The van der Waals surface area contributed by atoms with Crippen LogP contribution in [0.4, 0.5) is 32.0 Å². The molecule has 1 aromatic carbocycles. The topological polar surface area (TPSA) is 60.2 Å². The van der Waals surface area contributed by atoms with Gasteiger partial charge in [0.2, 0.25) is 5.91 Å². The number of ether oxygens (including phenoxy) is 1. The average Bonchev–Trinajstić information content (AvgIpc) is 3.36. The zero-order valence-corrected chi connectivity index (χ0v) is 26.0. The Labute approximate surface area is 259 Å². The van der Waals surface area contributed by atoms with Crippen LogP contribution in [0.3, 0.4) is 0 Å². The lowest BCUT2D eigenvalue weighted by Gasteiger charge is -2.42. The fraction of sp³-hybridized carbons (Fsp3) is 0.545. The number of allylic oxidation sites excluding steroid dienone is 5. The normalized spacial score (nSPS) is 19.0. The second kappa shape index (κ2) is 13.9. The Morgan fingerprint density at radius 1 is 1.16 bits per heavy atom. The number of alkyl halides is 6. The third-order valence-corrected chi connectivity index (χ3v) is 8.87. The van der Waals surface area contributed by atoms with Crippen LogP contribution >= 0.6 is 0 Å². The van der Waals surface area contributed by atoms with Crippen LogP contribution in [-0.4, -0.2) is 46.2 Å². The summed E-state index contributed by atoms with van der Waals surface area (Å²) < 4.78 is 92.6. The number of anilines is 1. The predicted molar refractivity (Wildman–Crippen MR) is 159 cm³/mol. The van der Waals surface area contributed by atoms with Gasteiger partial charge in [-0.05, 0) is 53.7 Å². The summed E-state index contributed by atoms with van der Waals surface area (Å²) in [5.41, 5.74) is -1.16. The highest BCUT2D eigenvalue weighted by atomic mass is 19.4. The van der Waals surface area contributed by atoms with Gasteiger partial charge in [0.1, 0.15) is 12.2 Å². The van der Waals surface area contributed by atoms with Crippen molar-refractivity contribution in [3.05, 3.63) is 77.1 Å². The minimum absolute atomic E-state index is 0.265. The SMILES string of the molecule is CCC(C)CCCCC(C1=CC/C(=C\N(C(C)=O)c2cccc(C3(Cc4nncn4C)COC3)c2)C(C(F)(F)F)=C1)C(F)(F)F. The summed E-state index contributed by atoms with van der Waals surface area (Å²) in [7, 11) is 1.82. The van der Waals surface area contributed by atoms with Gasteiger partial charge in [-0.2, -0.15) is 26.3 Å². The molecule has 2 unspecified atom stereocenters. The van der Waals surface area contributed by atoms with Gasteiger partial charge < -0.3 is 9.30 Å². The molecule has 0 spiro atoms. The summed E-state index contributed by atoms with van der Waals surface area (Å²) >= 11 is 0. The predicted octanol–water partition coefficient (Wildman–Crippen LogP) is 8.17. The quantitative estimate of drug-likeness (QED) is 0.174. The Morgan fingerprint density at radius 2 is 1.87 bits per heavy atom. The first-order chi connectivity index (χ1) is 21.1. The molecule has 4 rings (SSSR count). The Balaban J connectivity index is 1.63. The van der Waals surface area contributed by atoms with E-state index in [0.29, 0.717) is 43.7 Å². The molecule has 12 heteroatoms. The Bertz CT molecular complexity index is 1440. The van der Waals surface area contributed by atoms with Crippen LogP contribution in [0.1, 0.15) is 70.7 Å². The van der Waals surface area contributed by atoms with Crippen molar-refractivity contribution in [3.8, 4) is 0 Å². The van der Waals surface area contributed by atoms with Gasteiger partial charge in [0, 0.05) is 37.7 Å². The molecule has 6 nitrogen and oxygen atoms in total. The van der Waals surface area contributed by atoms with Crippen LogP contribution in [0.5, 0.6) is 0 Å². The molecule has 246 valence electrons. The standard InChI is InChI=1S/C33H40F6N4O2/c1-5-22(2)9-6-7-12-28(32(34,35)36)24-13-14-25(29(15-24)33(37,38)39)18-43(23(3)44)27-11-8-10-26(16-27)31(19-45-20-31)17-30-41-40-21-42(30)4/h8,10-11,13,15-16,18,21-22,28H,5-7,9,12,14,17,19-20H2,1-4H3/b25-18+. The smallest absolute Gasteiger partial charge is 0.379 e. The van der Waals surface area contributed by atoms with Gasteiger partial charge in [-0.25, -0.2) is 0 Å². The summed E-state index contributed by atoms with van der Waals surface area (Å²) in [4.78, 5) is 13.9. The number of hydrogen-bond donors (Lipinski definition) is 0. The number of benzene rings is 1. The highest BCUT2D eigenvalue weighted by Gasteiger charge is 2.45. The second-order valence-corrected chi connectivity index (χ2v) is 12.3. The number of unbranched alkanes of at least 4 members (excludes halogenated alkanes) is 1. The fourth-order valence-corrected chi connectivity index (χ4v) is 5.83. The molecule has 45 heavy (non-hydrogen) atoms. The molecule has 2 atom stereocenters. The summed E-state index contributed by atoms with van der Waals surface area (Å²) in [5.74, 6) is -1.43. The number of aromatic nitrogens is 3. The minimum Gasteiger partial charge on any atom is -0.379 e. The van der Waals surface area contributed by atoms with E-state index in [4.69, 9.17) is 4.74 Å². The number of aryl methyl sites for hydroxylation is 1. The van der Waals surface area contributed by atoms with E-state index in [-0.39, 0.29) is 24.0 Å². The molecule has 0 radical (unpaired) electrons. The molecule has 1 aliphatic carbocycles. The molecule has 1 amide bonds. The van der Waals surface area contributed by atoms with Crippen LogP contribution in [0.25, 0.3) is 0 Å². The van der Waals surface area contributed by atoms with Crippen molar-refractivity contribution >= 4 is 11.6 Å². The zero-order chi connectivity index (χ0) is 33.0. The van der Waals surface area contributed by atoms with E-state index < -0.39 is 41.6 Å². The maximum atomic E-state index is 14.4. The monoisotopic (exact) mass is 638 g/mol. The first kappa shape index (κ1) is 34.5. The Morgan fingerprint density at radius 3 is 2.42 bits per heavy atom. The molecule has 2 heterocycles. The number of nitrogens with zero attached hydrogens (tertiary/aromatic N) is 4. The van der Waals surface area contributed by atoms with Crippen molar-refractivity contribution in [1.82, 2.24) is 14.8 Å². The zero-order valence-electron chi connectivity index (χ0n) is 26.0. The van der Waals surface area contributed by atoms with Gasteiger partial charge in [-0.1, -0.05) is 57.7 Å². The Kier molecular flexibility index (Phi) is 10.7. The third-order valence-electron chi connectivity index (χ3n) is 8.87. The average molecular weight is 639 g/mol. The van der Waals surface area contributed by atoms with Gasteiger partial charge in [-0.15, -0.1) is 10.2 Å². The van der Waals surface area contributed by atoms with Gasteiger partial charge in [0.05, 0.1) is 24.7 Å². The van der Waals surface area contributed by atoms with Crippen LogP contribution in [-0.2, 0) is 28.4 Å². The summed E-state index contributed by atoms with van der Waals surface area (Å²) in [5, 5.41) is 8.09. The fourth-order valence-electron chi connectivity index (χ4n) is 5.83. The molecule has 1 saturated heterocycles. The lowest BCUT2D eigenvalue weighted by molar-refractivity contribution is -0.165. The van der Waals surface area contributed by atoms with E-state index in [1.807, 2.05) is 27.0 Å². The lowest BCUT2D eigenvalue weighted by atomic mass is 9.75. The molecular formula is C33H40F6N4O2. The first-order valence-electron chi connectivity index (χ1n) is 15.2. The van der Waals surface area contributed by atoms with Crippen LogP contribution in [0, 0.1) is 11.8 Å². The maximum Gasteiger partial charge on any atom is 0.416 e. The molecular weight excluding hydrogens is 598 g/mol. The Hall–Kier alpha value is -3.41. The van der Waals surface area contributed by atoms with E-state index in [0.717, 1.165) is 35.3 Å². The molecule has 1 fully saturated rings. The van der Waals surface area contributed by atoms with Crippen molar-refractivity contribution in [1.29, 1.82) is 0 Å². The van der Waals surface area contributed by atoms with E-state index in [2.05, 4.69) is 10.2 Å². The molecule has 0 saturated carbocycles. The van der Waals surface area contributed by atoms with Crippen molar-refractivity contribution in [2.45, 2.75) is 83.5 Å². The van der Waals surface area contributed by atoms with Crippen molar-refractivity contribution in [2.75, 3.05) is 18.1 Å². The number of rotatable bonds is 12. The number of hydrogen-bond acceptors (Lipinski definition) is 4. The lowest BCUT2D eigenvalue weighted by Crippen LogP contribution is -2.49. The summed E-state index contributed by atoms with van der Waals surface area (Å²) in [6.45, 7) is 6.03. The molecule has 1 aliphatic heterocycles. The molecule has 0 N–H and O–H groups in total. The van der Waals surface area contributed by atoms with Gasteiger partial charge in [0.15, 0.2) is 0 Å². The van der Waals surface area contributed by atoms with Gasteiger partial charge >= 0.3 is 12.4 Å². The highest BCUT2D eigenvalue weighted by molar-refractivity contribution is 5.93. The second-order valence-electron chi connectivity index (χ2n) is 12.3. The van der Waals surface area contributed by atoms with Gasteiger partial charge in [0.25, 0.3) is 0 Å². The molecule has 2 aliphatic rings. The van der Waals surface area contributed by atoms with Crippen molar-refractivity contribution in [2.24, 2.45) is 18.9 Å². The van der Waals surface area contributed by atoms with E-state index in [1.54, 1.807) is 29.1 Å². The minimum atomic E-state index is -4.92. The van der Waals surface area contributed by atoms with E-state index in [9.17, 15) is 31.1 Å². The van der Waals surface area contributed by atoms with E-state index in [1.165, 1.54) is 13.0 Å². The number of carbonyl (C=O) groups is 1. The first-order valence-corrected chi connectivity index (χ1v) is 15.2. The van der Waals surface area contributed by atoms with Crippen LogP contribution in [0.2, 0.25) is 0 Å². The third kappa shape index (κ3) is 8.25. The van der Waals surface area contributed by atoms with Crippen LogP contribution < -0.4 is 4.90 Å².